The van der Waals surface area contributed by atoms with Crippen LogP contribution in [0.1, 0.15) is 37.3 Å². The smallest absolute Gasteiger partial charge is 0.418 e. The summed E-state index contributed by atoms with van der Waals surface area (Å²) in [5.41, 5.74) is 5.64. The van der Waals surface area contributed by atoms with Crippen LogP contribution in [0, 0.1) is 5.92 Å². The summed E-state index contributed by atoms with van der Waals surface area (Å²) in [5.74, 6) is -1.79. The number of ether oxygens (including phenoxy) is 2. The third kappa shape index (κ3) is 10.6. The van der Waals surface area contributed by atoms with E-state index in [0.717, 1.165) is 53.7 Å². The Bertz CT molecular complexity index is 2870. The third-order valence-corrected chi connectivity index (χ3v) is 15.3. The van der Waals surface area contributed by atoms with Gasteiger partial charge in [0.05, 0.1) is 23.5 Å². The summed E-state index contributed by atoms with van der Waals surface area (Å²) in [4.78, 5) is 40.8. The van der Waals surface area contributed by atoms with E-state index >= 15 is 8.78 Å². The number of nitrogens with zero attached hydrogens (tertiary/aromatic N) is 9. The molecule has 3 fully saturated rings. The maximum atomic E-state index is 16.3. The van der Waals surface area contributed by atoms with Gasteiger partial charge in [0.2, 0.25) is 0 Å². The monoisotopic (exact) mass is 972 g/mol. The molecule has 14 nitrogen and oxygen atoms in total. The molecule has 9 rings (SSSR count). The van der Waals surface area contributed by atoms with Crippen LogP contribution in [-0.2, 0) is 17.6 Å². The van der Waals surface area contributed by atoms with Crippen LogP contribution in [0.25, 0.3) is 28.1 Å². The van der Waals surface area contributed by atoms with Crippen molar-refractivity contribution in [3.8, 4) is 28.4 Å². The van der Waals surface area contributed by atoms with E-state index in [2.05, 4.69) is 39.6 Å². The molecule has 0 bridgehead atoms. The van der Waals surface area contributed by atoms with E-state index in [4.69, 9.17) is 15.2 Å². The minimum atomic E-state index is -4.61. The first-order valence-corrected chi connectivity index (χ1v) is 27.2. The number of fused-ring (bicyclic) bond motifs is 1. The van der Waals surface area contributed by atoms with E-state index in [1.807, 2.05) is 30.3 Å². The standard InChI is InChI=1S/C49H57F5N10O4Si/c1-69(2,3)26-25-67-32-62-43(65)16-14-40(58-62)34-9-15-41(39(27-34)49(52,53)54)61-28-36(29-61)60-23-18-33(19-24-60)17-21-59-22-20-42(48(50,51)30-59)64-46-44(45(55)56-31-57-46)63(47(64)66)35-10-12-38(13-11-35)68-37-7-5-4-6-8-37/h4-16,27,31,33,36,42H,17-26,28-30,32H2,1-3H3,(H2,55,56,57)/t42-/m1/s1. The first kappa shape index (κ1) is 48.1. The second-order valence-corrected chi connectivity index (χ2v) is 25.3. The van der Waals surface area contributed by atoms with Crippen LogP contribution in [0.2, 0.25) is 25.7 Å². The first-order chi connectivity index (χ1) is 32.9. The van der Waals surface area contributed by atoms with E-state index in [9.17, 15) is 22.8 Å². The fourth-order valence-corrected chi connectivity index (χ4v) is 10.4. The maximum Gasteiger partial charge on any atom is 0.418 e. The van der Waals surface area contributed by atoms with Gasteiger partial charge < -0.3 is 20.1 Å². The zero-order chi connectivity index (χ0) is 48.7. The van der Waals surface area contributed by atoms with Crippen LogP contribution < -0.4 is 26.6 Å². The van der Waals surface area contributed by atoms with Gasteiger partial charge in [0.15, 0.2) is 11.5 Å². The van der Waals surface area contributed by atoms with Crippen molar-refractivity contribution in [3.05, 3.63) is 118 Å². The number of imidazole rings is 1. The molecule has 3 aliphatic rings. The number of nitrogen functional groups attached to an aromatic ring is 1. The molecular weight excluding hydrogens is 916 g/mol. The largest absolute Gasteiger partial charge is 0.457 e. The summed E-state index contributed by atoms with van der Waals surface area (Å²) in [6.45, 7) is 9.81. The number of hydrogen-bond donors (Lipinski definition) is 1. The van der Waals surface area contributed by atoms with Gasteiger partial charge in [-0.25, -0.2) is 28.2 Å². The highest BCUT2D eigenvalue weighted by Gasteiger charge is 2.48. The topological polar surface area (TPSA) is 142 Å². The molecule has 3 saturated heterocycles. The molecule has 20 heteroatoms. The molecule has 3 aliphatic heterocycles. The number of anilines is 2. The quantitative estimate of drug-likeness (QED) is 0.0603. The Morgan fingerprint density at radius 2 is 1.59 bits per heavy atom. The van der Waals surface area contributed by atoms with Gasteiger partial charge in [-0.15, -0.1) is 0 Å². The van der Waals surface area contributed by atoms with Crippen LogP contribution in [0.4, 0.5) is 33.5 Å². The maximum absolute atomic E-state index is 16.3. The minimum absolute atomic E-state index is 0.00536. The van der Waals surface area contributed by atoms with Crippen LogP contribution in [-0.4, -0.2) is 111 Å². The molecule has 0 radical (unpaired) electrons. The molecule has 2 N–H and O–H groups in total. The predicted octanol–water partition coefficient (Wildman–Crippen LogP) is 8.38. The lowest BCUT2D eigenvalue weighted by Gasteiger charge is -2.49. The molecule has 0 spiro atoms. The number of nitrogens with two attached hydrogens (primary N) is 1. The summed E-state index contributed by atoms with van der Waals surface area (Å²) >= 11 is 0. The number of para-hydroxylation sites is 1. The molecule has 0 unspecified atom stereocenters. The molecule has 0 saturated carbocycles. The second-order valence-electron chi connectivity index (χ2n) is 19.6. The zero-order valence-corrected chi connectivity index (χ0v) is 39.9. The predicted molar refractivity (Wildman–Crippen MR) is 257 cm³/mol. The van der Waals surface area contributed by atoms with E-state index in [-0.39, 0.29) is 53.1 Å². The van der Waals surface area contributed by atoms with E-state index in [1.54, 1.807) is 40.1 Å². The van der Waals surface area contributed by atoms with Gasteiger partial charge >= 0.3 is 11.9 Å². The van der Waals surface area contributed by atoms with Crippen molar-refractivity contribution < 1.29 is 31.4 Å². The van der Waals surface area contributed by atoms with Gasteiger partial charge in [0, 0.05) is 57.7 Å². The van der Waals surface area contributed by atoms with Crippen molar-refractivity contribution in [3.63, 3.8) is 0 Å². The number of benzene rings is 3. The zero-order valence-electron chi connectivity index (χ0n) is 38.9. The molecule has 1 atom stereocenters. The molecule has 6 aromatic rings. The van der Waals surface area contributed by atoms with Crippen LogP contribution in [0.3, 0.4) is 0 Å². The van der Waals surface area contributed by atoms with Crippen molar-refractivity contribution in [2.24, 2.45) is 5.92 Å². The van der Waals surface area contributed by atoms with Gasteiger partial charge in [-0.05, 0) is 112 Å². The summed E-state index contributed by atoms with van der Waals surface area (Å²) in [6, 6.07) is 22.4. The fraction of sp³-hybridized carbons (Fsp3) is 0.449. The lowest BCUT2D eigenvalue weighted by molar-refractivity contribution is -0.137. The molecule has 3 aromatic heterocycles. The van der Waals surface area contributed by atoms with E-state index in [1.165, 1.54) is 29.1 Å². The summed E-state index contributed by atoms with van der Waals surface area (Å²) in [7, 11) is -1.35. The van der Waals surface area contributed by atoms with E-state index in [0.29, 0.717) is 55.9 Å². The number of aromatic nitrogens is 6. The van der Waals surface area contributed by atoms with Crippen molar-refractivity contribution in [1.29, 1.82) is 0 Å². The normalized spacial score (nSPS) is 18.7. The number of alkyl halides is 5. The highest BCUT2D eigenvalue weighted by Crippen LogP contribution is 2.42. The van der Waals surface area contributed by atoms with Gasteiger partial charge in [-0.2, -0.15) is 18.3 Å². The fourth-order valence-electron chi connectivity index (χ4n) is 9.66. The Labute approximate surface area is 397 Å². The van der Waals surface area contributed by atoms with Crippen LogP contribution >= 0.6 is 0 Å². The van der Waals surface area contributed by atoms with Crippen molar-refractivity contribution >= 4 is 30.7 Å². The number of likely N-dealkylation sites (tertiary alicyclic amines) is 2. The summed E-state index contributed by atoms with van der Waals surface area (Å²) < 4.78 is 91.3. The average Bonchev–Trinajstić information content (AvgIpc) is 3.59. The lowest BCUT2D eigenvalue weighted by Crippen LogP contribution is -2.61. The van der Waals surface area contributed by atoms with Gasteiger partial charge in [-0.3, -0.25) is 23.7 Å². The van der Waals surface area contributed by atoms with Crippen LogP contribution in [0.15, 0.2) is 101 Å². The molecule has 6 heterocycles. The second kappa shape index (κ2) is 19.4. The van der Waals surface area contributed by atoms with Gasteiger partial charge in [0.25, 0.3) is 11.5 Å². The van der Waals surface area contributed by atoms with Crippen molar-refractivity contribution in [2.75, 3.05) is 63.1 Å². The average molecular weight is 973 g/mol. The van der Waals surface area contributed by atoms with E-state index < -0.39 is 49.6 Å². The van der Waals surface area contributed by atoms with Crippen molar-refractivity contribution in [1.82, 2.24) is 38.7 Å². The molecular formula is C49H57F5N10O4Si. The Kier molecular flexibility index (Phi) is 13.5. The van der Waals surface area contributed by atoms with Crippen molar-refractivity contribution in [2.45, 2.75) is 82.3 Å². The Balaban J connectivity index is 0.780. The molecule has 0 aliphatic carbocycles. The molecule has 3 aromatic carbocycles. The highest BCUT2D eigenvalue weighted by molar-refractivity contribution is 6.76. The molecule has 69 heavy (non-hydrogen) atoms. The van der Waals surface area contributed by atoms with Gasteiger partial charge in [-0.1, -0.05) is 43.9 Å². The van der Waals surface area contributed by atoms with Crippen LogP contribution in [0.5, 0.6) is 11.5 Å². The minimum Gasteiger partial charge on any atom is -0.457 e. The summed E-state index contributed by atoms with van der Waals surface area (Å²) in [6.07, 6.45) is -0.960. The number of hydrogen-bond acceptors (Lipinski definition) is 11. The Morgan fingerprint density at radius 3 is 2.29 bits per heavy atom. The SMILES string of the molecule is C[Si](C)(C)CCOCn1nc(-c2ccc(N3CC(N4CCC(CCN5CC[C@@H](n6c(=O)n(-c7ccc(Oc8ccccc8)cc7)c7c(N)ncnc76)C(F)(F)C5)CC4)C3)c(C(F)(F)F)c2)ccc1=O. The number of rotatable bonds is 15. The Morgan fingerprint density at radius 1 is 0.870 bits per heavy atom. The first-order valence-electron chi connectivity index (χ1n) is 23.5. The Hall–Kier alpha value is -5.96. The molecule has 0 amide bonds. The molecule has 366 valence electrons. The summed E-state index contributed by atoms with van der Waals surface area (Å²) in [5, 5.41) is 4.33. The lowest BCUT2D eigenvalue weighted by atomic mass is 9.90. The number of halogens is 5. The highest BCUT2D eigenvalue weighted by atomic mass is 28.3. The third-order valence-electron chi connectivity index (χ3n) is 13.6. The van der Waals surface area contributed by atoms with Gasteiger partial charge in [0.1, 0.15) is 36.1 Å². The number of piperidine rings is 2.